The molecule has 4 aromatic rings. The zero-order valence-corrected chi connectivity index (χ0v) is 26.0. The van der Waals surface area contributed by atoms with E-state index < -0.39 is 34.7 Å². The van der Waals surface area contributed by atoms with Gasteiger partial charge in [0.15, 0.2) is 0 Å². The summed E-state index contributed by atoms with van der Waals surface area (Å²) < 4.78 is 16.5. The van der Waals surface area contributed by atoms with Gasteiger partial charge in [-0.3, -0.25) is 0 Å². The van der Waals surface area contributed by atoms with Gasteiger partial charge in [-0.2, -0.15) is 0 Å². The number of hydrogen-bond donors (Lipinski definition) is 3. The lowest BCUT2D eigenvalue weighted by Gasteiger charge is -2.18. The highest BCUT2D eigenvalue weighted by molar-refractivity contribution is 6.01. The van der Waals surface area contributed by atoms with Gasteiger partial charge in [-0.05, 0) is 113 Å². The summed E-state index contributed by atoms with van der Waals surface area (Å²) in [6, 6.07) is 22.6. The van der Waals surface area contributed by atoms with Crippen LogP contribution < -0.4 is 14.2 Å². The molecule has 0 spiro atoms. The molecule has 234 valence electrons. The maximum absolute atomic E-state index is 13.2. The fourth-order valence-electron chi connectivity index (χ4n) is 4.27. The molecule has 0 fully saturated rings. The highest BCUT2D eigenvalue weighted by Gasteiger charge is 2.22. The smallest absolute Gasteiger partial charge is 0.343 e. The van der Waals surface area contributed by atoms with Crippen LogP contribution in [0, 0.1) is 0 Å². The van der Waals surface area contributed by atoms with Crippen molar-refractivity contribution in [3.05, 3.63) is 124 Å². The van der Waals surface area contributed by atoms with Gasteiger partial charge in [-0.15, -0.1) is 0 Å². The summed E-state index contributed by atoms with van der Waals surface area (Å²) in [6.45, 7) is 9.77. The highest BCUT2D eigenvalue weighted by Crippen LogP contribution is 2.26. The van der Waals surface area contributed by atoms with Crippen LogP contribution in [-0.4, -0.2) is 33.2 Å². The van der Waals surface area contributed by atoms with Gasteiger partial charge in [0.2, 0.25) is 0 Å². The normalized spacial score (nSPS) is 11.9. The zero-order valence-electron chi connectivity index (χ0n) is 26.0. The fraction of sp³-hybridized carbons (Fsp3) is 0.250. The molecule has 0 aliphatic carbocycles. The SMILES string of the molecule is CC(C)(O)c1ccc(OC(=O)c2cc(C(=O)Oc3ccc(C(C)(C)O)cc3)cc(C(=O)Oc3ccc(C(C)(C)O)cc3)c2)cc1. The van der Waals surface area contributed by atoms with Crippen molar-refractivity contribution in [2.75, 3.05) is 0 Å². The van der Waals surface area contributed by atoms with Crippen LogP contribution in [0.15, 0.2) is 91.0 Å². The minimum atomic E-state index is -1.09. The number of carbonyl (C=O) groups is 3. The number of esters is 3. The van der Waals surface area contributed by atoms with Crippen LogP contribution in [0.3, 0.4) is 0 Å². The number of hydrogen-bond acceptors (Lipinski definition) is 9. The summed E-state index contributed by atoms with van der Waals surface area (Å²) in [6.07, 6.45) is 0. The van der Waals surface area contributed by atoms with Crippen LogP contribution in [0.25, 0.3) is 0 Å². The van der Waals surface area contributed by atoms with Crippen LogP contribution in [-0.2, 0) is 16.8 Å². The molecule has 3 N–H and O–H groups in total. The van der Waals surface area contributed by atoms with Gasteiger partial charge in [-0.25, -0.2) is 14.4 Å². The van der Waals surface area contributed by atoms with Gasteiger partial charge < -0.3 is 29.5 Å². The molecule has 0 heterocycles. The number of rotatable bonds is 9. The molecule has 9 heteroatoms. The molecular formula is C36H36O9. The van der Waals surface area contributed by atoms with Gasteiger partial charge >= 0.3 is 17.9 Å². The average molecular weight is 613 g/mol. The molecule has 4 rings (SSSR count). The van der Waals surface area contributed by atoms with E-state index in [9.17, 15) is 29.7 Å². The lowest BCUT2D eigenvalue weighted by atomic mass is 9.98. The standard InChI is InChI=1S/C36H36O9/c1-34(2,40)25-7-13-28(14-8-25)43-31(37)22-19-23(32(38)44-29-15-9-26(10-16-29)35(3,4)41)21-24(20-22)33(39)45-30-17-11-27(12-18-30)36(5,6)42/h7-21,40-42H,1-6H3. The quantitative estimate of drug-likeness (QED) is 0.153. The van der Waals surface area contributed by atoms with E-state index in [2.05, 4.69) is 0 Å². The molecule has 0 aliphatic heterocycles. The summed E-state index contributed by atoms with van der Waals surface area (Å²) in [5.74, 6) is -1.99. The van der Waals surface area contributed by atoms with Crippen molar-refractivity contribution >= 4 is 17.9 Å². The Morgan fingerprint density at radius 3 is 0.800 bits per heavy atom. The molecule has 9 nitrogen and oxygen atoms in total. The van der Waals surface area contributed by atoms with E-state index in [1.54, 1.807) is 77.9 Å². The average Bonchev–Trinajstić information content (AvgIpc) is 2.96. The van der Waals surface area contributed by atoms with Gasteiger partial charge in [0, 0.05) is 0 Å². The third-order valence-corrected chi connectivity index (χ3v) is 6.95. The summed E-state index contributed by atoms with van der Waals surface area (Å²) in [5, 5.41) is 30.6. The molecule has 4 aromatic carbocycles. The van der Waals surface area contributed by atoms with Crippen LogP contribution in [0.1, 0.15) is 89.3 Å². The predicted molar refractivity (Wildman–Crippen MR) is 166 cm³/mol. The second kappa shape index (κ2) is 12.6. The Kier molecular flexibility index (Phi) is 9.30. The van der Waals surface area contributed by atoms with E-state index in [-0.39, 0.29) is 33.9 Å². The van der Waals surface area contributed by atoms with Crippen molar-refractivity contribution in [3.63, 3.8) is 0 Å². The van der Waals surface area contributed by atoms with Crippen molar-refractivity contribution in [1.29, 1.82) is 0 Å². The molecule has 0 radical (unpaired) electrons. The second-order valence-corrected chi connectivity index (χ2v) is 12.2. The van der Waals surface area contributed by atoms with Crippen LogP contribution in [0.2, 0.25) is 0 Å². The maximum Gasteiger partial charge on any atom is 0.343 e. The van der Waals surface area contributed by atoms with E-state index in [1.165, 1.54) is 54.6 Å². The summed E-state index contributed by atoms with van der Waals surface area (Å²) in [4.78, 5) is 39.6. The van der Waals surface area contributed by atoms with E-state index in [0.717, 1.165) is 0 Å². The lowest BCUT2D eigenvalue weighted by Crippen LogP contribution is -2.18. The Labute approximate surface area is 261 Å². The van der Waals surface area contributed by atoms with Gasteiger partial charge in [0.25, 0.3) is 0 Å². The Hall–Kier alpha value is -4.83. The molecule has 0 aliphatic rings. The van der Waals surface area contributed by atoms with Crippen LogP contribution in [0.4, 0.5) is 0 Å². The third-order valence-electron chi connectivity index (χ3n) is 6.95. The largest absolute Gasteiger partial charge is 0.423 e. The molecular weight excluding hydrogens is 576 g/mol. The molecule has 0 bridgehead atoms. The monoisotopic (exact) mass is 612 g/mol. The van der Waals surface area contributed by atoms with E-state index in [0.29, 0.717) is 16.7 Å². The minimum Gasteiger partial charge on any atom is -0.423 e. The Bertz CT molecular complexity index is 1470. The molecule has 0 amide bonds. The van der Waals surface area contributed by atoms with E-state index in [4.69, 9.17) is 14.2 Å². The van der Waals surface area contributed by atoms with Gasteiger partial charge in [-0.1, -0.05) is 36.4 Å². The molecule has 0 saturated heterocycles. The molecule has 0 saturated carbocycles. The Morgan fingerprint density at radius 2 is 0.622 bits per heavy atom. The molecule has 0 aromatic heterocycles. The molecule has 0 atom stereocenters. The van der Waals surface area contributed by atoms with Crippen molar-refractivity contribution in [2.45, 2.75) is 58.3 Å². The van der Waals surface area contributed by atoms with Crippen molar-refractivity contribution in [2.24, 2.45) is 0 Å². The number of carbonyl (C=O) groups excluding carboxylic acids is 3. The Morgan fingerprint density at radius 1 is 0.422 bits per heavy atom. The number of benzene rings is 4. The summed E-state index contributed by atoms with van der Waals surface area (Å²) in [7, 11) is 0. The van der Waals surface area contributed by atoms with Crippen molar-refractivity contribution in [1.82, 2.24) is 0 Å². The first-order chi connectivity index (χ1) is 20.9. The van der Waals surface area contributed by atoms with E-state index in [1.807, 2.05) is 0 Å². The van der Waals surface area contributed by atoms with E-state index >= 15 is 0 Å². The van der Waals surface area contributed by atoms with Crippen LogP contribution in [0.5, 0.6) is 17.2 Å². The second-order valence-electron chi connectivity index (χ2n) is 12.2. The van der Waals surface area contributed by atoms with Crippen molar-refractivity contribution in [3.8, 4) is 17.2 Å². The number of aliphatic hydroxyl groups is 3. The first-order valence-corrected chi connectivity index (χ1v) is 14.2. The summed E-state index contributed by atoms with van der Waals surface area (Å²) in [5.41, 5.74) is -1.76. The van der Waals surface area contributed by atoms with Crippen LogP contribution >= 0.6 is 0 Å². The van der Waals surface area contributed by atoms with Gasteiger partial charge in [0.05, 0.1) is 33.5 Å². The lowest BCUT2D eigenvalue weighted by molar-refractivity contribution is 0.0730. The topological polar surface area (TPSA) is 140 Å². The number of ether oxygens (including phenoxy) is 3. The van der Waals surface area contributed by atoms with Gasteiger partial charge in [0.1, 0.15) is 17.2 Å². The summed E-state index contributed by atoms with van der Waals surface area (Å²) >= 11 is 0. The fourth-order valence-corrected chi connectivity index (χ4v) is 4.27. The highest BCUT2D eigenvalue weighted by atomic mass is 16.5. The Balaban J connectivity index is 1.63. The molecule has 45 heavy (non-hydrogen) atoms. The van der Waals surface area contributed by atoms with Crippen molar-refractivity contribution < 1.29 is 43.9 Å². The maximum atomic E-state index is 13.2. The molecule has 0 unspecified atom stereocenters. The zero-order chi connectivity index (χ0) is 33.2. The predicted octanol–water partition coefficient (Wildman–Crippen LogP) is 6.03. The first-order valence-electron chi connectivity index (χ1n) is 14.2. The minimum absolute atomic E-state index is 0.113. The third kappa shape index (κ3) is 8.63. The first kappa shape index (κ1) is 33.1.